The third kappa shape index (κ3) is 3.08. The van der Waals surface area contributed by atoms with Crippen LogP contribution in [0.5, 0.6) is 5.88 Å². The van der Waals surface area contributed by atoms with Gasteiger partial charge in [-0.2, -0.15) is 0 Å². The number of carbonyl (C=O) groups is 1. The highest BCUT2D eigenvalue weighted by Gasteiger charge is 2.28. The van der Waals surface area contributed by atoms with E-state index in [0.717, 1.165) is 24.0 Å². The van der Waals surface area contributed by atoms with Crippen LogP contribution in [0, 0.1) is 6.92 Å². The SMILES string of the molecule is Cc1cccnc1OCc1c(C(=O)Cl)cccc1C1CC1. The molecule has 1 aromatic heterocycles. The fourth-order valence-electron chi connectivity index (χ4n) is 2.49. The maximum atomic E-state index is 11.6. The normalized spacial score (nSPS) is 14.0. The van der Waals surface area contributed by atoms with Gasteiger partial charge in [-0.25, -0.2) is 4.98 Å². The van der Waals surface area contributed by atoms with Crippen molar-refractivity contribution >= 4 is 16.8 Å². The molecule has 0 bridgehead atoms. The molecule has 0 radical (unpaired) electrons. The van der Waals surface area contributed by atoms with Gasteiger partial charge in [0.25, 0.3) is 5.24 Å². The van der Waals surface area contributed by atoms with Crippen molar-refractivity contribution in [1.82, 2.24) is 4.98 Å². The molecule has 2 aromatic rings. The third-order valence-electron chi connectivity index (χ3n) is 3.76. The Kier molecular flexibility index (Phi) is 3.93. The first kappa shape index (κ1) is 14.1. The zero-order valence-corrected chi connectivity index (χ0v) is 12.6. The molecule has 1 heterocycles. The first-order valence-electron chi connectivity index (χ1n) is 7.03. The average molecular weight is 302 g/mol. The summed E-state index contributed by atoms with van der Waals surface area (Å²) in [5.74, 6) is 1.13. The molecule has 0 saturated heterocycles. The molecule has 21 heavy (non-hydrogen) atoms. The maximum Gasteiger partial charge on any atom is 0.252 e. The second-order valence-corrected chi connectivity index (χ2v) is 5.68. The number of aryl methyl sites for hydroxylation is 1. The molecular weight excluding hydrogens is 286 g/mol. The van der Waals surface area contributed by atoms with Crippen molar-refractivity contribution in [2.75, 3.05) is 0 Å². The lowest BCUT2D eigenvalue weighted by molar-refractivity contribution is 0.107. The minimum absolute atomic E-state index is 0.318. The van der Waals surface area contributed by atoms with Gasteiger partial charge in [0.15, 0.2) is 0 Å². The van der Waals surface area contributed by atoms with Crippen LogP contribution in [-0.4, -0.2) is 10.2 Å². The summed E-state index contributed by atoms with van der Waals surface area (Å²) in [4.78, 5) is 15.9. The van der Waals surface area contributed by atoms with Crippen molar-refractivity contribution in [2.45, 2.75) is 32.3 Å². The summed E-state index contributed by atoms with van der Waals surface area (Å²) < 4.78 is 5.81. The van der Waals surface area contributed by atoms with Gasteiger partial charge in [-0.3, -0.25) is 4.79 Å². The van der Waals surface area contributed by atoms with Crippen LogP contribution in [-0.2, 0) is 6.61 Å². The molecule has 0 spiro atoms. The predicted octanol–water partition coefficient (Wildman–Crippen LogP) is 4.23. The Hall–Kier alpha value is -1.87. The minimum atomic E-state index is -0.436. The van der Waals surface area contributed by atoms with Gasteiger partial charge >= 0.3 is 0 Å². The highest BCUT2D eigenvalue weighted by molar-refractivity contribution is 6.67. The molecule has 1 aliphatic carbocycles. The van der Waals surface area contributed by atoms with E-state index in [9.17, 15) is 4.79 Å². The number of hydrogen-bond acceptors (Lipinski definition) is 3. The largest absolute Gasteiger partial charge is 0.473 e. The van der Waals surface area contributed by atoms with Crippen molar-refractivity contribution in [3.8, 4) is 5.88 Å². The van der Waals surface area contributed by atoms with Gasteiger partial charge in [-0.05, 0) is 55.0 Å². The summed E-state index contributed by atoms with van der Waals surface area (Å²) in [6.07, 6.45) is 4.02. The molecule has 1 fully saturated rings. The minimum Gasteiger partial charge on any atom is -0.473 e. The number of benzene rings is 1. The predicted molar refractivity (Wildman–Crippen MR) is 81.9 cm³/mol. The van der Waals surface area contributed by atoms with Crippen LogP contribution in [0.15, 0.2) is 36.5 Å². The first-order chi connectivity index (χ1) is 10.2. The van der Waals surface area contributed by atoms with E-state index < -0.39 is 5.24 Å². The second-order valence-electron chi connectivity index (χ2n) is 5.34. The molecule has 0 N–H and O–H groups in total. The van der Waals surface area contributed by atoms with Crippen molar-refractivity contribution in [1.29, 1.82) is 0 Å². The third-order valence-corrected chi connectivity index (χ3v) is 3.96. The molecule has 0 aliphatic heterocycles. The molecule has 108 valence electrons. The zero-order valence-electron chi connectivity index (χ0n) is 11.8. The zero-order chi connectivity index (χ0) is 14.8. The second kappa shape index (κ2) is 5.86. The van der Waals surface area contributed by atoms with Gasteiger partial charge in [0.2, 0.25) is 5.88 Å². The van der Waals surface area contributed by atoms with Gasteiger partial charge in [0.05, 0.1) is 0 Å². The summed E-state index contributed by atoms with van der Waals surface area (Å²) in [6.45, 7) is 2.26. The number of pyridine rings is 1. The fraction of sp³-hybridized carbons (Fsp3) is 0.294. The summed E-state index contributed by atoms with van der Waals surface area (Å²) in [7, 11) is 0. The molecule has 3 rings (SSSR count). The van der Waals surface area contributed by atoms with Gasteiger partial charge in [-0.1, -0.05) is 18.2 Å². The number of halogens is 1. The molecule has 1 aliphatic rings. The number of rotatable bonds is 5. The Morgan fingerprint density at radius 3 is 2.81 bits per heavy atom. The van der Waals surface area contributed by atoms with E-state index >= 15 is 0 Å². The van der Waals surface area contributed by atoms with Crippen LogP contribution in [0.1, 0.15) is 45.8 Å². The lowest BCUT2D eigenvalue weighted by Crippen LogP contribution is -2.07. The van der Waals surface area contributed by atoms with Gasteiger partial charge in [0, 0.05) is 22.9 Å². The Bertz CT molecular complexity index is 680. The maximum absolute atomic E-state index is 11.6. The quantitative estimate of drug-likeness (QED) is 0.776. The first-order valence-corrected chi connectivity index (χ1v) is 7.40. The Labute approximate surface area is 128 Å². The van der Waals surface area contributed by atoms with Crippen molar-refractivity contribution in [3.63, 3.8) is 0 Å². The average Bonchev–Trinajstić information content (AvgIpc) is 3.30. The summed E-state index contributed by atoms with van der Waals surface area (Å²) in [5.41, 5.74) is 3.58. The molecule has 0 unspecified atom stereocenters. The van der Waals surface area contributed by atoms with E-state index in [1.807, 2.05) is 25.1 Å². The van der Waals surface area contributed by atoms with E-state index in [2.05, 4.69) is 11.1 Å². The fourth-order valence-corrected chi connectivity index (χ4v) is 2.67. The van der Waals surface area contributed by atoms with E-state index in [1.165, 1.54) is 5.56 Å². The monoisotopic (exact) mass is 301 g/mol. The van der Waals surface area contributed by atoms with E-state index in [0.29, 0.717) is 24.0 Å². The molecule has 1 aromatic carbocycles. The van der Waals surface area contributed by atoms with Crippen molar-refractivity contribution in [2.24, 2.45) is 0 Å². The van der Waals surface area contributed by atoms with Crippen LogP contribution in [0.3, 0.4) is 0 Å². The number of aromatic nitrogens is 1. The molecule has 3 nitrogen and oxygen atoms in total. The number of hydrogen-bond donors (Lipinski definition) is 0. The number of ether oxygens (including phenoxy) is 1. The Morgan fingerprint density at radius 1 is 1.33 bits per heavy atom. The molecule has 0 atom stereocenters. The van der Waals surface area contributed by atoms with E-state index in [1.54, 1.807) is 12.3 Å². The van der Waals surface area contributed by atoms with Crippen LogP contribution < -0.4 is 4.74 Å². The molecule has 4 heteroatoms. The smallest absolute Gasteiger partial charge is 0.252 e. The van der Waals surface area contributed by atoms with Gasteiger partial charge < -0.3 is 4.74 Å². The topological polar surface area (TPSA) is 39.2 Å². The summed E-state index contributed by atoms with van der Waals surface area (Å²) in [5, 5.41) is -0.436. The van der Waals surface area contributed by atoms with Gasteiger partial charge in [-0.15, -0.1) is 0 Å². The molecule has 0 amide bonds. The summed E-state index contributed by atoms with van der Waals surface area (Å²) >= 11 is 5.71. The van der Waals surface area contributed by atoms with Crippen molar-refractivity contribution in [3.05, 3.63) is 58.8 Å². The Balaban J connectivity index is 1.90. The highest BCUT2D eigenvalue weighted by Crippen LogP contribution is 2.42. The molecular formula is C17H16ClNO2. The highest BCUT2D eigenvalue weighted by atomic mass is 35.5. The van der Waals surface area contributed by atoms with Crippen LogP contribution in [0.2, 0.25) is 0 Å². The van der Waals surface area contributed by atoms with Crippen LogP contribution in [0.4, 0.5) is 0 Å². The van der Waals surface area contributed by atoms with E-state index in [4.69, 9.17) is 16.3 Å². The standard InChI is InChI=1S/C17H16ClNO2/c1-11-4-3-9-19-17(11)21-10-15-13(12-7-8-12)5-2-6-14(15)16(18)20/h2-6,9,12H,7-8,10H2,1H3. The lowest BCUT2D eigenvalue weighted by atomic mass is 9.99. The number of carbonyl (C=O) groups excluding carboxylic acids is 1. The Morgan fingerprint density at radius 2 is 2.14 bits per heavy atom. The number of nitrogens with zero attached hydrogens (tertiary/aromatic N) is 1. The van der Waals surface area contributed by atoms with E-state index in [-0.39, 0.29) is 0 Å². The van der Waals surface area contributed by atoms with Crippen molar-refractivity contribution < 1.29 is 9.53 Å². The lowest BCUT2D eigenvalue weighted by Gasteiger charge is -2.14. The molecule has 1 saturated carbocycles. The van der Waals surface area contributed by atoms with Crippen LogP contribution in [0.25, 0.3) is 0 Å². The van der Waals surface area contributed by atoms with Gasteiger partial charge in [0.1, 0.15) is 6.61 Å². The van der Waals surface area contributed by atoms with Crippen LogP contribution >= 0.6 is 11.6 Å². The summed E-state index contributed by atoms with van der Waals surface area (Å²) in [6, 6.07) is 9.52.